The third-order valence-corrected chi connectivity index (χ3v) is 6.20. The molecule has 0 unspecified atom stereocenters. The van der Waals surface area contributed by atoms with Crippen molar-refractivity contribution in [2.24, 2.45) is 0 Å². The fourth-order valence-electron chi connectivity index (χ4n) is 4.19. The van der Waals surface area contributed by atoms with Crippen molar-refractivity contribution in [3.05, 3.63) is 93.6 Å². The predicted molar refractivity (Wildman–Crippen MR) is 142 cm³/mol. The zero-order valence-corrected chi connectivity index (χ0v) is 21.3. The zero-order valence-electron chi connectivity index (χ0n) is 21.3. The molecular formula is C27H25N7O4. The summed E-state index contributed by atoms with van der Waals surface area (Å²) in [5.74, 6) is 0.259. The van der Waals surface area contributed by atoms with Crippen LogP contribution in [0.1, 0.15) is 34.2 Å². The molecule has 3 heterocycles. The van der Waals surface area contributed by atoms with Crippen LogP contribution in [0.15, 0.2) is 60.9 Å². The molecule has 2 aromatic carbocycles. The average Bonchev–Trinajstić information content (AvgIpc) is 3.49. The second-order valence-electron chi connectivity index (χ2n) is 8.89. The number of ether oxygens (including phenoxy) is 1. The van der Waals surface area contributed by atoms with Gasteiger partial charge in [-0.2, -0.15) is 10.2 Å². The number of hydrogen-bond acceptors (Lipinski definition) is 7. The van der Waals surface area contributed by atoms with Crippen LogP contribution in [0.2, 0.25) is 0 Å². The van der Waals surface area contributed by atoms with E-state index in [0.717, 1.165) is 34.6 Å². The minimum absolute atomic E-state index is 0.106. The first-order chi connectivity index (χ1) is 18.2. The SMILES string of the molecule is CCn1ncc(-c2ccnc3cc(C(=O)Nc4cc(Oc5cc(C)ccc5C)cc([N+](=O)[O-])c4)nn23)c1C. The van der Waals surface area contributed by atoms with Crippen LogP contribution in [-0.4, -0.2) is 35.2 Å². The van der Waals surface area contributed by atoms with Gasteiger partial charge in [0.1, 0.15) is 11.5 Å². The lowest BCUT2D eigenvalue weighted by Gasteiger charge is -2.11. The van der Waals surface area contributed by atoms with E-state index in [4.69, 9.17) is 4.74 Å². The summed E-state index contributed by atoms with van der Waals surface area (Å²) in [4.78, 5) is 28.5. The Morgan fingerprint density at radius 2 is 1.92 bits per heavy atom. The van der Waals surface area contributed by atoms with Crippen LogP contribution in [0.4, 0.5) is 11.4 Å². The van der Waals surface area contributed by atoms with Crippen LogP contribution in [0.3, 0.4) is 0 Å². The van der Waals surface area contributed by atoms with Gasteiger partial charge >= 0.3 is 0 Å². The van der Waals surface area contributed by atoms with Crippen molar-refractivity contribution in [1.82, 2.24) is 24.4 Å². The Morgan fingerprint density at radius 1 is 1.11 bits per heavy atom. The number of anilines is 1. The predicted octanol–water partition coefficient (Wildman–Crippen LogP) is 5.49. The highest BCUT2D eigenvalue weighted by Gasteiger charge is 2.19. The Balaban J connectivity index is 1.46. The van der Waals surface area contributed by atoms with E-state index in [1.165, 1.54) is 18.2 Å². The van der Waals surface area contributed by atoms with Crippen molar-refractivity contribution >= 4 is 22.9 Å². The van der Waals surface area contributed by atoms with E-state index in [1.807, 2.05) is 56.6 Å². The molecular weight excluding hydrogens is 486 g/mol. The van der Waals surface area contributed by atoms with Crippen LogP contribution >= 0.6 is 0 Å². The van der Waals surface area contributed by atoms with Crippen molar-refractivity contribution in [2.45, 2.75) is 34.2 Å². The highest BCUT2D eigenvalue weighted by atomic mass is 16.6. The van der Waals surface area contributed by atoms with Gasteiger partial charge in [-0.05, 0) is 51.0 Å². The number of nitro groups is 1. The number of amides is 1. The van der Waals surface area contributed by atoms with E-state index in [9.17, 15) is 14.9 Å². The van der Waals surface area contributed by atoms with Crippen LogP contribution in [0.25, 0.3) is 16.9 Å². The van der Waals surface area contributed by atoms with Crippen molar-refractivity contribution in [1.29, 1.82) is 0 Å². The maximum Gasteiger partial charge on any atom is 0.276 e. The average molecular weight is 512 g/mol. The largest absolute Gasteiger partial charge is 0.457 e. The van der Waals surface area contributed by atoms with E-state index in [2.05, 4.69) is 20.5 Å². The summed E-state index contributed by atoms with van der Waals surface area (Å²) in [7, 11) is 0. The molecule has 192 valence electrons. The highest BCUT2D eigenvalue weighted by molar-refractivity contribution is 6.03. The van der Waals surface area contributed by atoms with Gasteiger partial charge in [0.15, 0.2) is 11.3 Å². The van der Waals surface area contributed by atoms with E-state index < -0.39 is 10.8 Å². The number of aryl methyl sites for hydroxylation is 3. The minimum Gasteiger partial charge on any atom is -0.457 e. The lowest BCUT2D eigenvalue weighted by atomic mass is 10.1. The molecule has 1 amide bonds. The first-order valence-electron chi connectivity index (χ1n) is 12.0. The van der Waals surface area contributed by atoms with E-state index in [1.54, 1.807) is 23.0 Å². The van der Waals surface area contributed by atoms with Crippen LogP contribution in [0, 0.1) is 30.9 Å². The molecule has 0 fully saturated rings. The highest BCUT2D eigenvalue weighted by Crippen LogP contribution is 2.32. The number of nitrogens with one attached hydrogen (secondary N) is 1. The van der Waals surface area contributed by atoms with E-state index in [-0.39, 0.29) is 22.8 Å². The molecule has 3 aromatic heterocycles. The van der Waals surface area contributed by atoms with Crippen LogP contribution in [-0.2, 0) is 6.54 Å². The first kappa shape index (κ1) is 24.6. The second kappa shape index (κ2) is 9.77. The number of rotatable bonds is 7. The quantitative estimate of drug-likeness (QED) is 0.226. The summed E-state index contributed by atoms with van der Waals surface area (Å²) in [5.41, 5.74) is 5.02. The molecule has 1 N–H and O–H groups in total. The number of nitrogens with zero attached hydrogens (tertiary/aromatic N) is 6. The second-order valence-corrected chi connectivity index (χ2v) is 8.89. The molecule has 0 saturated carbocycles. The Hall–Kier alpha value is -5.06. The molecule has 0 aliphatic heterocycles. The van der Waals surface area contributed by atoms with Gasteiger partial charge < -0.3 is 10.1 Å². The Kier molecular flexibility index (Phi) is 6.33. The first-order valence-corrected chi connectivity index (χ1v) is 12.0. The number of carbonyl (C=O) groups is 1. The number of fused-ring (bicyclic) bond motifs is 1. The third-order valence-electron chi connectivity index (χ3n) is 6.20. The van der Waals surface area contributed by atoms with Gasteiger partial charge in [-0.1, -0.05) is 12.1 Å². The molecule has 38 heavy (non-hydrogen) atoms. The zero-order chi connectivity index (χ0) is 27.0. The van der Waals surface area contributed by atoms with Gasteiger partial charge in [-0.3, -0.25) is 19.6 Å². The summed E-state index contributed by atoms with van der Waals surface area (Å²) in [6, 6.07) is 13.2. The van der Waals surface area contributed by atoms with E-state index in [0.29, 0.717) is 11.4 Å². The maximum absolute atomic E-state index is 13.2. The summed E-state index contributed by atoms with van der Waals surface area (Å²) in [6.45, 7) is 8.52. The number of benzene rings is 2. The fraction of sp³-hybridized carbons (Fsp3) is 0.185. The molecule has 0 saturated heterocycles. The van der Waals surface area contributed by atoms with Crippen molar-refractivity contribution < 1.29 is 14.5 Å². The van der Waals surface area contributed by atoms with Gasteiger partial charge in [-0.25, -0.2) is 9.50 Å². The summed E-state index contributed by atoms with van der Waals surface area (Å²) in [6.07, 6.45) is 3.41. The standard InChI is InChI=1S/C27H25N7O4/c1-5-32-18(4)22(15-29-32)24-8-9-28-26-14-23(31-33(24)26)27(35)30-19-11-20(34(36)37)13-21(12-19)38-25-10-16(2)6-7-17(25)3/h6-15H,5H2,1-4H3,(H,30,35). The molecule has 11 nitrogen and oxygen atoms in total. The molecule has 0 spiro atoms. The molecule has 0 atom stereocenters. The lowest BCUT2D eigenvalue weighted by molar-refractivity contribution is -0.384. The van der Waals surface area contributed by atoms with Gasteiger partial charge in [0.05, 0.1) is 28.6 Å². The minimum atomic E-state index is -0.541. The Labute approximate surface area is 217 Å². The maximum atomic E-state index is 13.2. The molecule has 0 radical (unpaired) electrons. The topological polar surface area (TPSA) is 129 Å². The molecule has 0 aliphatic rings. The van der Waals surface area contributed by atoms with Gasteiger partial charge in [0.2, 0.25) is 0 Å². The van der Waals surface area contributed by atoms with E-state index >= 15 is 0 Å². The van der Waals surface area contributed by atoms with Gasteiger partial charge in [0, 0.05) is 42.2 Å². The lowest BCUT2D eigenvalue weighted by Crippen LogP contribution is -2.13. The molecule has 0 aliphatic carbocycles. The normalized spacial score (nSPS) is 11.1. The smallest absolute Gasteiger partial charge is 0.276 e. The Bertz CT molecular complexity index is 1700. The van der Waals surface area contributed by atoms with Crippen LogP contribution < -0.4 is 10.1 Å². The van der Waals surface area contributed by atoms with Crippen molar-refractivity contribution in [3.63, 3.8) is 0 Å². The summed E-state index contributed by atoms with van der Waals surface area (Å²) < 4.78 is 9.41. The monoisotopic (exact) mass is 511 g/mol. The number of nitro benzene ring substituents is 1. The van der Waals surface area contributed by atoms with Crippen LogP contribution in [0.5, 0.6) is 11.5 Å². The van der Waals surface area contributed by atoms with Gasteiger partial charge in [0.25, 0.3) is 11.6 Å². The van der Waals surface area contributed by atoms with Crippen molar-refractivity contribution in [3.8, 4) is 22.8 Å². The number of hydrogen-bond donors (Lipinski definition) is 1. The van der Waals surface area contributed by atoms with Gasteiger partial charge in [-0.15, -0.1) is 0 Å². The molecule has 11 heteroatoms. The summed E-state index contributed by atoms with van der Waals surface area (Å²) in [5, 5.41) is 23.2. The number of carbonyl (C=O) groups excluding carboxylic acids is 1. The fourth-order valence-corrected chi connectivity index (χ4v) is 4.19. The number of non-ortho nitro benzene ring substituents is 1. The molecule has 0 bridgehead atoms. The van der Waals surface area contributed by atoms with Crippen molar-refractivity contribution in [2.75, 3.05) is 5.32 Å². The third kappa shape index (κ3) is 4.69. The number of aromatic nitrogens is 5. The summed E-state index contributed by atoms with van der Waals surface area (Å²) >= 11 is 0. The molecule has 5 aromatic rings. The Morgan fingerprint density at radius 3 is 2.66 bits per heavy atom. The molecule has 5 rings (SSSR count).